The topological polar surface area (TPSA) is 94.5 Å². The molecule has 2 heterocycles. The third kappa shape index (κ3) is 5.10. The highest BCUT2D eigenvalue weighted by Crippen LogP contribution is 2.52. The smallest absolute Gasteiger partial charge is 0.251 e. The van der Waals surface area contributed by atoms with Gasteiger partial charge in [-0.3, -0.25) is 9.79 Å². The van der Waals surface area contributed by atoms with Crippen LogP contribution in [0, 0.1) is 11.8 Å². The molecule has 2 fully saturated rings. The maximum absolute atomic E-state index is 12.4. The Morgan fingerprint density at radius 2 is 1.94 bits per heavy atom. The third-order valence-electron chi connectivity index (χ3n) is 6.90. The Kier molecular flexibility index (Phi) is 6.83. The minimum Gasteiger partial charge on any atom is -0.363 e. The maximum atomic E-state index is 12.4. The predicted octanol–water partition coefficient (Wildman–Crippen LogP) is 4.09. The number of aliphatic imine (C=N–C) groups is 1. The van der Waals surface area contributed by atoms with Gasteiger partial charge in [0.25, 0.3) is 5.91 Å². The van der Waals surface area contributed by atoms with E-state index in [-0.39, 0.29) is 5.91 Å². The third-order valence-corrected chi connectivity index (χ3v) is 7.48. The minimum atomic E-state index is -0.0516. The molecule has 1 amide bonds. The van der Waals surface area contributed by atoms with Gasteiger partial charge in [-0.2, -0.15) is 4.98 Å². The molecule has 0 bridgehead atoms. The van der Waals surface area contributed by atoms with Crippen LogP contribution in [-0.2, 0) is 0 Å². The van der Waals surface area contributed by atoms with Crippen molar-refractivity contribution >= 4 is 45.0 Å². The Balaban J connectivity index is 1.11. The van der Waals surface area contributed by atoms with Crippen molar-refractivity contribution in [3.63, 3.8) is 0 Å². The van der Waals surface area contributed by atoms with Gasteiger partial charge in [-0.25, -0.2) is 4.98 Å². The van der Waals surface area contributed by atoms with E-state index in [0.29, 0.717) is 36.1 Å². The lowest BCUT2D eigenvalue weighted by Crippen LogP contribution is -2.29. The summed E-state index contributed by atoms with van der Waals surface area (Å²) in [6, 6.07) is 8.17. The molecule has 0 saturated heterocycles. The summed E-state index contributed by atoms with van der Waals surface area (Å²) < 4.78 is 0.838. The number of carbonyl (C=O) groups excluding carboxylic acids is 1. The first-order valence-corrected chi connectivity index (χ1v) is 13.1. The van der Waals surface area contributed by atoms with E-state index < -0.39 is 0 Å². The number of halogens is 1. The first-order chi connectivity index (χ1) is 16.6. The Morgan fingerprint density at radius 1 is 1.18 bits per heavy atom. The Bertz CT molecular complexity index is 1070. The van der Waals surface area contributed by atoms with Crippen LogP contribution in [0.3, 0.4) is 0 Å². The van der Waals surface area contributed by atoms with E-state index in [2.05, 4.69) is 60.6 Å². The largest absolute Gasteiger partial charge is 0.363 e. The standard InChI is InChI=1S/C25H32BrN7O/c1-3-33(4-2)13-5-12-27-24(34)16-8-10-17(11-9-16)29-25-28-14-18(26)23(32-25)31-22-19-20(15-6-7-15)30-21(19)22/h8-11,14-15,19,21-22H,3-7,12-13H2,1-2H3,(H,27,34)(H2,28,29,31,32). The van der Waals surface area contributed by atoms with E-state index in [1.54, 1.807) is 6.20 Å². The van der Waals surface area contributed by atoms with Crippen LogP contribution in [0.5, 0.6) is 0 Å². The van der Waals surface area contributed by atoms with Crippen LogP contribution < -0.4 is 16.0 Å². The van der Waals surface area contributed by atoms with Gasteiger partial charge in [-0.1, -0.05) is 13.8 Å². The number of aromatic nitrogens is 2. The number of benzene rings is 1. The van der Waals surface area contributed by atoms with Crippen LogP contribution in [0.25, 0.3) is 0 Å². The van der Waals surface area contributed by atoms with Crippen molar-refractivity contribution in [2.24, 2.45) is 16.8 Å². The van der Waals surface area contributed by atoms with E-state index >= 15 is 0 Å². The van der Waals surface area contributed by atoms with Crippen molar-refractivity contribution in [2.75, 3.05) is 36.8 Å². The number of hydrogen-bond donors (Lipinski definition) is 3. The lowest BCUT2D eigenvalue weighted by atomic mass is 10.1. The second kappa shape index (κ2) is 10.00. The van der Waals surface area contributed by atoms with Gasteiger partial charge in [0.05, 0.1) is 16.6 Å². The van der Waals surface area contributed by atoms with Crippen LogP contribution in [0.2, 0.25) is 0 Å². The molecular weight excluding hydrogens is 494 g/mol. The summed E-state index contributed by atoms with van der Waals surface area (Å²) in [5.41, 5.74) is 2.89. The van der Waals surface area contributed by atoms with Gasteiger partial charge in [-0.05, 0) is 85.0 Å². The summed E-state index contributed by atoms with van der Waals surface area (Å²) >= 11 is 3.56. The monoisotopic (exact) mass is 525 g/mol. The first-order valence-electron chi connectivity index (χ1n) is 12.3. The molecule has 2 saturated carbocycles. The summed E-state index contributed by atoms with van der Waals surface area (Å²) in [5.74, 6) is 2.58. The summed E-state index contributed by atoms with van der Waals surface area (Å²) in [6.07, 6.45) is 5.31. The molecule has 180 valence electrons. The summed E-state index contributed by atoms with van der Waals surface area (Å²) in [6.45, 7) is 8.06. The molecule has 8 nitrogen and oxygen atoms in total. The van der Waals surface area contributed by atoms with Gasteiger partial charge >= 0.3 is 0 Å². The SMILES string of the molecule is CCN(CC)CCCNC(=O)c1ccc(Nc2ncc(Br)c(NC3C4N=C(C5CC5)C43)n2)cc1. The van der Waals surface area contributed by atoms with Crippen LogP contribution in [0.4, 0.5) is 17.5 Å². The highest BCUT2D eigenvalue weighted by Gasteiger charge is 2.62. The Labute approximate surface area is 209 Å². The predicted molar refractivity (Wildman–Crippen MR) is 139 cm³/mol. The van der Waals surface area contributed by atoms with Crippen molar-refractivity contribution in [3.8, 4) is 0 Å². The van der Waals surface area contributed by atoms with Gasteiger partial charge in [0.2, 0.25) is 5.95 Å². The molecule has 1 aliphatic heterocycles. The zero-order valence-electron chi connectivity index (χ0n) is 19.7. The highest BCUT2D eigenvalue weighted by atomic mass is 79.9. The molecule has 0 radical (unpaired) electrons. The van der Waals surface area contributed by atoms with Crippen molar-refractivity contribution < 1.29 is 4.79 Å². The fourth-order valence-electron chi connectivity index (χ4n) is 4.59. The molecule has 3 atom stereocenters. The number of nitrogens with one attached hydrogen (secondary N) is 3. The zero-order valence-corrected chi connectivity index (χ0v) is 21.3. The van der Waals surface area contributed by atoms with Crippen LogP contribution in [0.15, 0.2) is 39.9 Å². The van der Waals surface area contributed by atoms with Crippen molar-refractivity contribution in [1.82, 2.24) is 20.2 Å². The lowest BCUT2D eigenvalue weighted by Gasteiger charge is -2.17. The van der Waals surface area contributed by atoms with Gasteiger partial charge in [0, 0.05) is 35.6 Å². The van der Waals surface area contributed by atoms with Crippen molar-refractivity contribution in [2.45, 2.75) is 45.2 Å². The highest BCUT2D eigenvalue weighted by molar-refractivity contribution is 9.10. The second-order valence-electron chi connectivity index (χ2n) is 9.24. The quantitative estimate of drug-likeness (QED) is 0.361. The van der Waals surface area contributed by atoms with Crippen LogP contribution >= 0.6 is 15.9 Å². The fourth-order valence-corrected chi connectivity index (χ4v) is 4.89. The van der Waals surface area contributed by atoms with Gasteiger partial charge in [0.1, 0.15) is 5.82 Å². The number of amides is 1. The number of anilines is 3. The van der Waals surface area contributed by atoms with E-state index in [1.165, 1.54) is 18.6 Å². The van der Waals surface area contributed by atoms with Gasteiger partial charge in [0.15, 0.2) is 0 Å². The summed E-state index contributed by atoms with van der Waals surface area (Å²) in [4.78, 5) is 28.6. The van der Waals surface area contributed by atoms with Crippen molar-refractivity contribution in [1.29, 1.82) is 0 Å². The molecular formula is C25H32BrN7O. The molecule has 5 rings (SSSR count). The molecule has 2 aliphatic carbocycles. The summed E-state index contributed by atoms with van der Waals surface area (Å²) in [5, 5.41) is 9.78. The molecule has 3 N–H and O–H groups in total. The molecule has 34 heavy (non-hydrogen) atoms. The second-order valence-corrected chi connectivity index (χ2v) is 10.1. The fraction of sp³-hybridized carbons (Fsp3) is 0.520. The summed E-state index contributed by atoms with van der Waals surface area (Å²) in [7, 11) is 0. The van der Waals surface area contributed by atoms with Gasteiger partial charge < -0.3 is 20.9 Å². The maximum Gasteiger partial charge on any atom is 0.251 e. The minimum absolute atomic E-state index is 0.0516. The number of hydrogen-bond acceptors (Lipinski definition) is 7. The van der Waals surface area contributed by atoms with E-state index in [9.17, 15) is 4.79 Å². The molecule has 2 aromatic rings. The molecule has 3 aliphatic rings. The number of nitrogens with zero attached hydrogens (tertiary/aromatic N) is 4. The Morgan fingerprint density at radius 3 is 2.65 bits per heavy atom. The van der Waals surface area contributed by atoms with Crippen LogP contribution in [-0.4, -0.2) is 64.7 Å². The van der Waals surface area contributed by atoms with Crippen molar-refractivity contribution in [3.05, 3.63) is 40.5 Å². The molecule has 9 heteroatoms. The van der Waals surface area contributed by atoms with E-state index in [1.807, 2.05) is 24.3 Å². The number of carbonyl (C=O) groups is 1. The van der Waals surface area contributed by atoms with Crippen LogP contribution in [0.1, 0.15) is 43.5 Å². The zero-order chi connectivity index (χ0) is 23.7. The number of fused-ring (bicyclic) bond motifs is 1. The average molecular weight is 526 g/mol. The lowest BCUT2D eigenvalue weighted by molar-refractivity contribution is 0.0952. The molecule has 1 aromatic heterocycles. The molecule has 0 spiro atoms. The van der Waals surface area contributed by atoms with E-state index in [4.69, 9.17) is 4.99 Å². The average Bonchev–Trinajstić information content (AvgIpc) is 3.74. The first kappa shape index (κ1) is 23.2. The Hall–Kier alpha value is -2.52. The molecule has 1 aromatic carbocycles. The normalized spacial score (nSPS) is 22.5. The number of rotatable bonds is 12. The van der Waals surface area contributed by atoms with E-state index in [0.717, 1.165) is 48.0 Å². The van der Waals surface area contributed by atoms with Gasteiger partial charge in [-0.15, -0.1) is 0 Å². The molecule has 3 unspecified atom stereocenters.